The number of urea groups is 1. The number of amides is 2. The summed E-state index contributed by atoms with van der Waals surface area (Å²) in [6, 6.07) is 12.0. The van der Waals surface area contributed by atoms with Crippen molar-refractivity contribution in [2.24, 2.45) is 0 Å². The summed E-state index contributed by atoms with van der Waals surface area (Å²) < 4.78 is 31.3. The van der Waals surface area contributed by atoms with Gasteiger partial charge in [0.2, 0.25) is 5.13 Å². The number of nitrogens with one attached hydrogen (secondary N) is 1. The Morgan fingerprint density at radius 1 is 1.17 bits per heavy atom. The average molecular weight is 429 g/mol. The van der Waals surface area contributed by atoms with Gasteiger partial charge in [0.05, 0.1) is 5.69 Å². The zero-order valence-electron chi connectivity index (χ0n) is 16.4. The van der Waals surface area contributed by atoms with E-state index in [1.807, 2.05) is 6.92 Å². The summed E-state index contributed by atoms with van der Waals surface area (Å²) in [6.45, 7) is 3.66. The molecule has 0 saturated carbocycles. The van der Waals surface area contributed by atoms with Gasteiger partial charge < -0.3 is 15.1 Å². The number of aromatic nitrogens is 2. The topological polar surface area (TPSA) is 61.4 Å². The molecule has 30 heavy (non-hydrogen) atoms. The highest BCUT2D eigenvalue weighted by atomic mass is 32.1. The minimum atomic E-state index is -0.459. The van der Waals surface area contributed by atoms with Crippen molar-refractivity contribution < 1.29 is 13.6 Å². The van der Waals surface area contributed by atoms with Gasteiger partial charge in [0, 0.05) is 43.6 Å². The van der Waals surface area contributed by atoms with Crippen molar-refractivity contribution in [2.75, 3.05) is 29.9 Å². The van der Waals surface area contributed by atoms with E-state index in [-0.39, 0.29) is 23.6 Å². The standard InChI is InChI=1S/C21H21F2N5OS/c1-14-13-27(10-11-28(14)20(29)24-18-5-3-2-4-17(18)23)21-25-19(26-30-21)12-15-6-8-16(22)9-7-15/h2-9,14H,10-13H2,1H3,(H,24,29). The van der Waals surface area contributed by atoms with Crippen LogP contribution in [0.2, 0.25) is 0 Å². The number of benzene rings is 2. The monoisotopic (exact) mass is 429 g/mol. The molecule has 0 spiro atoms. The van der Waals surface area contributed by atoms with Crippen LogP contribution in [0.3, 0.4) is 0 Å². The second-order valence-corrected chi connectivity index (χ2v) is 7.93. The predicted octanol–water partition coefficient (Wildman–Crippen LogP) is 4.15. The fourth-order valence-corrected chi connectivity index (χ4v) is 4.13. The molecule has 2 aromatic carbocycles. The molecule has 0 aliphatic carbocycles. The summed E-state index contributed by atoms with van der Waals surface area (Å²) in [5, 5.41) is 3.44. The zero-order chi connectivity index (χ0) is 21.1. The summed E-state index contributed by atoms with van der Waals surface area (Å²) in [4.78, 5) is 21.0. The van der Waals surface area contributed by atoms with Crippen LogP contribution in [0.1, 0.15) is 18.3 Å². The molecule has 156 valence electrons. The summed E-state index contributed by atoms with van der Waals surface area (Å²) in [7, 11) is 0. The van der Waals surface area contributed by atoms with E-state index in [4.69, 9.17) is 0 Å². The maximum absolute atomic E-state index is 13.8. The number of piperazine rings is 1. The largest absolute Gasteiger partial charge is 0.343 e. The van der Waals surface area contributed by atoms with Gasteiger partial charge in [-0.3, -0.25) is 0 Å². The Labute approximate surface area is 177 Å². The summed E-state index contributed by atoms with van der Waals surface area (Å²) in [5.74, 6) is -0.0368. The quantitative estimate of drug-likeness (QED) is 0.677. The number of hydrogen-bond donors (Lipinski definition) is 1. The maximum atomic E-state index is 13.8. The smallest absolute Gasteiger partial charge is 0.322 e. The SMILES string of the molecule is CC1CN(c2nc(Cc3ccc(F)cc3)ns2)CCN1C(=O)Nc1ccccc1F. The molecule has 3 aromatic rings. The van der Waals surface area contributed by atoms with Crippen LogP contribution >= 0.6 is 11.5 Å². The van der Waals surface area contributed by atoms with Gasteiger partial charge in [0.15, 0.2) is 0 Å². The molecule has 1 aliphatic rings. The molecule has 1 saturated heterocycles. The van der Waals surface area contributed by atoms with Crippen LogP contribution in [-0.2, 0) is 6.42 Å². The van der Waals surface area contributed by atoms with Gasteiger partial charge in [-0.1, -0.05) is 24.3 Å². The van der Waals surface area contributed by atoms with Crippen LogP contribution < -0.4 is 10.2 Å². The maximum Gasteiger partial charge on any atom is 0.322 e. The lowest BCUT2D eigenvalue weighted by Gasteiger charge is -2.39. The van der Waals surface area contributed by atoms with E-state index in [1.54, 1.807) is 29.2 Å². The Balaban J connectivity index is 1.36. The first-order valence-corrected chi connectivity index (χ1v) is 10.4. The number of halogens is 2. The molecular weight excluding hydrogens is 408 g/mol. The second kappa shape index (κ2) is 8.74. The van der Waals surface area contributed by atoms with Crippen molar-refractivity contribution in [2.45, 2.75) is 19.4 Å². The highest BCUT2D eigenvalue weighted by molar-refractivity contribution is 7.09. The van der Waals surface area contributed by atoms with Crippen molar-refractivity contribution in [1.82, 2.24) is 14.3 Å². The molecule has 1 aliphatic heterocycles. The van der Waals surface area contributed by atoms with Gasteiger partial charge in [-0.15, -0.1) is 0 Å². The van der Waals surface area contributed by atoms with Gasteiger partial charge in [0.25, 0.3) is 0 Å². The molecule has 0 bridgehead atoms. The van der Waals surface area contributed by atoms with Crippen LogP contribution in [0.25, 0.3) is 0 Å². The van der Waals surface area contributed by atoms with Gasteiger partial charge in [0.1, 0.15) is 17.5 Å². The summed E-state index contributed by atoms with van der Waals surface area (Å²) >= 11 is 1.32. The Bertz CT molecular complexity index is 1030. The molecule has 6 nitrogen and oxygen atoms in total. The van der Waals surface area contributed by atoms with Crippen LogP contribution in [0, 0.1) is 11.6 Å². The number of nitrogens with zero attached hydrogens (tertiary/aromatic N) is 4. The second-order valence-electron chi connectivity index (χ2n) is 7.19. The lowest BCUT2D eigenvalue weighted by molar-refractivity contribution is 0.184. The van der Waals surface area contributed by atoms with Crippen molar-refractivity contribution >= 4 is 28.4 Å². The third-order valence-electron chi connectivity index (χ3n) is 5.01. The molecule has 1 aromatic heterocycles. The minimum Gasteiger partial charge on any atom is -0.343 e. The number of para-hydroxylation sites is 1. The number of carbonyl (C=O) groups excluding carboxylic acids is 1. The number of anilines is 2. The highest BCUT2D eigenvalue weighted by Crippen LogP contribution is 2.23. The summed E-state index contributed by atoms with van der Waals surface area (Å²) in [5.41, 5.74) is 1.12. The Morgan fingerprint density at radius 3 is 2.67 bits per heavy atom. The van der Waals surface area contributed by atoms with E-state index in [1.165, 1.54) is 35.8 Å². The van der Waals surface area contributed by atoms with E-state index >= 15 is 0 Å². The van der Waals surface area contributed by atoms with Crippen molar-refractivity contribution in [3.05, 3.63) is 71.6 Å². The van der Waals surface area contributed by atoms with Crippen LogP contribution in [-0.4, -0.2) is 46.0 Å². The number of carbonyl (C=O) groups is 1. The average Bonchev–Trinajstić information content (AvgIpc) is 3.20. The Hall–Kier alpha value is -3.07. The Kier molecular flexibility index (Phi) is 5.89. The predicted molar refractivity (Wildman–Crippen MR) is 113 cm³/mol. The molecule has 9 heteroatoms. The van der Waals surface area contributed by atoms with E-state index in [0.29, 0.717) is 31.9 Å². The first-order chi connectivity index (χ1) is 14.5. The Morgan fingerprint density at radius 2 is 1.93 bits per heavy atom. The zero-order valence-corrected chi connectivity index (χ0v) is 17.2. The molecule has 2 heterocycles. The number of rotatable bonds is 4. The van der Waals surface area contributed by atoms with E-state index < -0.39 is 5.82 Å². The molecular formula is C21H21F2N5OS. The molecule has 4 rings (SSSR count). The number of hydrogen-bond acceptors (Lipinski definition) is 5. The molecule has 1 fully saturated rings. The summed E-state index contributed by atoms with van der Waals surface area (Å²) in [6.07, 6.45) is 0.539. The lowest BCUT2D eigenvalue weighted by Crippen LogP contribution is -2.55. The lowest BCUT2D eigenvalue weighted by atomic mass is 10.1. The molecule has 2 amide bonds. The first-order valence-electron chi connectivity index (χ1n) is 9.64. The van der Waals surface area contributed by atoms with Crippen molar-refractivity contribution in [3.8, 4) is 0 Å². The van der Waals surface area contributed by atoms with Gasteiger partial charge in [-0.05, 0) is 36.8 Å². The molecule has 1 atom stereocenters. The van der Waals surface area contributed by atoms with Gasteiger partial charge in [-0.2, -0.15) is 4.37 Å². The normalized spacial score (nSPS) is 16.6. The third-order valence-corrected chi connectivity index (χ3v) is 5.82. The third kappa shape index (κ3) is 4.56. The van der Waals surface area contributed by atoms with Crippen LogP contribution in [0.5, 0.6) is 0 Å². The fraction of sp³-hybridized carbons (Fsp3) is 0.286. The highest BCUT2D eigenvalue weighted by Gasteiger charge is 2.29. The minimum absolute atomic E-state index is 0.0741. The first kappa shape index (κ1) is 20.2. The molecule has 1 N–H and O–H groups in total. The van der Waals surface area contributed by atoms with Gasteiger partial charge in [-0.25, -0.2) is 18.6 Å². The van der Waals surface area contributed by atoms with Crippen molar-refractivity contribution in [3.63, 3.8) is 0 Å². The van der Waals surface area contributed by atoms with Crippen LogP contribution in [0.15, 0.2) is 48.5 Å². The van der Waals surface area contributed by atoms with E-state index in [0.717, 1.165) is 10.7 Å². The van der Waals surface area contributed by atoms with E-state index in [9.17, 15) is 13.6 Å². The van der Waals surface area contributed by atoms with Gasteiger partial charge >= 0.3 is 6.03 Å². The van der Waals surface area contributed by atoms with Crippen LogP contribution in [0.4, 0.5) is 24.4 Å². The molecule has 1 unspecified atom stereocenters. The van der Waals surface area contributed by atoms with E-state index in [2.05, 4.69) is 19.6 Å². The molecule has 0 radical (unpaired) electrons. The van der Waals surface area contributed by atoms with Crippen molar-refractivity contribution in [1.29, 1.82) is 0 Å². The fourth-order valence-electron chi connectivity index (χ4n) is 3.41.